The van der Waals surface area contributed by atoms with Crippen LogP contribution in [-0.4, -0.2) is 17.0 Å². The van der Waals surface area contributed by atoms with Crippen LogP contribution in [0.1, 0.15) is 11.1 Å². The van der Waals surface area contributed by atoms with Crippen LogP contribution in [-0.2, 0) is 6.42 Å². The van der Waals surface area contributed by atoms with E-state index >= 15 is 0 Å². The molecule has 0 aliphatic carbocycles. The molecular weight excluding hydrogens is 278 g/mol. The van der Waals surface area contributed by atoms with Crippen LogP contribution in [0.15, 0.2) is 47.4 Å². The Bertz CT molecular complexity index is 586. The van der Waals surface area contributed by atoms with Crippen molar-refractivity contribution in [3.63, 3.8) is 0 Å². The summed E-state index contributed by atoms with van der Waals surface area (Å²) in [6, 6.07) is 11.7. The maximum absolute atomic E-state index is 13.1. The van der Waals surface area contributed by atoms with Gasteiger partial charge < -0.3 is 5.11 Å². The van der Waals surface area contributed by atoms with Crippen LogP contribution in [0.4, 0.5) is 8.78 Å². The Hall–Kier alpha value is -1.39. The Balaban J connectivity index is 1.91. The van der Waals surface area contributed by atoms with Crippen molar-refractivity contribution in [2.45, 2.75) is 24.3 Å². The predicted octanol–water partition coefficient (Wildman–Crippen LogP) is 3.97. The molecule has 20 heavy (non-hydrogen) atoms. The summed E-state index contributed by atoms with van der Waals surface area (Å²) in [7, 11) is 0. The maximum Gasteiger partial charge on any atom is 0.159 e. The fourth-order valence-electron chi connectivity index (χ4n) is 1.90. The number of hydrogen-bond donors (Lipinski definition) is 1. The second-order valence-corrected chi connectivity index (χ2v) is 5.74. The summed E-state index contributed by atoms with van der Waals surface area (Å²) in [5.74, 6) is -1.22. The lowest BCUT2D eigenvalue weighted by Crippen LogP contribution is -2.13. The smallest absolute Gasteiger partial charge is 0.159 e. The molecule has 0 aromatic heterocycles. The fourth-order valence-corrected chi connectivity index (χ4v) is 2.86. The first-order valence-corrected chi connectivity index (χ1v) is 7.35. The maximum atomic E-state index is 13.1. The van der Waals surface area contributed by atoms with Gasteiger partial charge in [-0.1, -0.05) is 24.3 Å². The van der Waals surface area contributed by atoms with Gasteiger partial charge in [0.05, 0.1) is 6.10 Å². The summed E-state index contributed by atoms with van der Waals surface area (Å²) in [6.45, 7) is 2.02. The van der Waals surface area contributed by atoms with Crippen LogP contribution in [0.5, 0.6) is 0 Å². The Morgan fingerprint density at radius 2 is 1.85 bits per heavy atom. The van der Waals surface area contributed by atoms with Crippen molar-refractivity contribution in [1.29, 1.82) is 0 Å². The number of aryl methyl sites for hydroxylation is 1. The molecule has 0 bridgehead atoms. The van der Waals surface area contributed by atoms with E-state index in [1.807, 2.05) is 31.2 Å². The highest BCUT2D eigenvalue weighted by atomic mass is 32.2. The number of rotatable bonds is 5. The Morgan fingerprint density at radius 3 is 2.55 bits per heavy atom. The first-order chi connectivity index (χ1) is 9.56. The minimum absolute atomic E-state index is 0.316. The second-order valence-electron chi connectivity index (χ2n) is 4.68. The molecule has 0 fully saturated rings. The highest BCUT2D eigenvalue weighted by Gasteiger charge is 2.10. The van der Waals surface area contributed by atoms with Gasteiger partial charge in [-0.15, -0.1) is 11.8 Å². The second kappa shape index (κ2) is 6.86. The molecular formula is C16H16F2OS. The number of benzene rings is 2. The molecule has 2 rings (SSSR count). The normalized spacial score (nSPS) is 12.4. The van der Waals surface area contributed by atoms with Gasteiger partial charge in [-0.2, -0.15) is 0 Å². The number of hydrogen-bond acceptors (Lipinski definition) is 2. The zero-order valence-electron chi connectivity index (χ0n) is 11.1. The van der Waals surface area contributed by atoms with E-state index in [-0.39, 0.29) is 0 Å². The zero-order chi connectivity index (χ0) is 14.5. The molecule has 106 valence electrons. The van der Waals surface area contributed by atoms with Crippen molar-refractivity contribution >= 4 is 11.8 Å². The molecule has 0 spiro atoms. The van der Waals surface area contributed by atoms with Crippen LogP contribution in [0.25, 0.3) is 0 Å². The predicted molar refractivity (Wildman–Crippen MR) is 78.0 cm³/mol. The van der Waals surface area contributed by atoms with Crippen LogP contribution >= 0.6 is 11.8 Å². The molecule has 1 unspecified atom stereocenters. The van der Waals surface area contributed by atoms with Crippen molar-refractivity contribution in [3.8, 4) is 0 Å². The first kappa shape index (κ1) is 15.0. The lowest BCUT2D eigenvalue weighted by molar-refractivity contribution is 0.200. The Labute approximate surface area is 121 Å². The third-order valence-electron chi connectivity index (χ3n) is 2.98. The molecule has 0 saturated heterocycles. The molecule has 0 aliphatic heterocycles. The van der Waals surface area contributed by atoms with Gasteiger partial charge in [0.15, 0.2) is 11.6 Å². The highest BCUT2D eigenvalue weighted by Crippen LogP contribution is 2.23. The molecule has 0 heterocycles. The Kier molecular flexibility index (Phi) is 5.15. The minimum atomic E-state index is -0.874. The molecule has 0 saturated carbocycles. The van der Waals surface area contributed by atoms with E-state index in [2.05, 4.69) is 0 Å². The summed E-state index contributed by atoms with van der Waals surface area (Å²) < 4.78 is 25.9. The summed E-state index contributed by atoms with van der Waals surface area (Å²) in [4.78, 5) is 1.12. The van der Waals surface area contributed by atoms with Gasteiger partial charge in [-0.05, 0) is 42.7 Å². The molecule has 1 nitrogen and oxygen atoms in total. The largest absolute Gasteiger partial charge is 0.392 e. The van der Waals surface area contributed by atoms with Crippen LogP contribution in [0.3, 0.4) is 0 Å². The van der Waals surface area contributed by atoms with Gasteiger partial charge in [-0.25, -0.2) is 8.78 Å². The van der Waals surface area contributed by atoms with Gasteiger partial charge >= 0.3 is 0 Å². The average molecular weight is 294 g/mol. The highest BCUT2D eigenvalue weighted by molar-refractivity contribution is 7.99. The van der Waals surface area contributed by atoms with E-state index in [4.69, 9.17) is 0 Å². The number of aliphatic hydroxyl groups is 1. The van der Waals surface area contributed by atoms with E-state index in [9.17, 15) is 13.9 Å². The van der Waals surface area contributed by atoms with Gasteiger partial charge in [-0.3, -0.25) is 0 Å². The molecule has 1 N–H and O–H groups in total. The summed E-state index contributed by atoms with van der Waals surface area (Å²) in [5, 5.41) is 9.98. The van der Waals surface area contributed by atoms with E-state index in [1.54, 1.807) is 11.8 Å². The third kappa shape index (κ3) is 4.05. The van der Waals surface area contributed by atoms with Gasteiger partial charge in [0, 0.05) is 10.6 Å². The van der Waals surface area contributed by atoms with E-state index < -0.39 is 17.7 Å². The van der Waals surface area contributed by atoms with Gasteiger partial charge in [0.25, 0.3) is 0 Å². The summed E-state index contributed by atoms with van der Waals surface area (Å²) >= 11 is 1.56. The van der Waals surface area contributed by atoms with E-state index in [0.717, 1.165) is 22.6 Å². The number of aliphatic hydroxyl groups excluding tert-OH is 1. The molecule has 1 atom stereocenters. The van der Waals surface area contributed by atoms with Gasteiger partial charge in [0.1, 0.15) is 0 Å². The molecule has 0 amide bonds. The van der Waals surface area contributed by atoms with E-state index in [1.165, 1.54) is 6.07 Å². The van der Waals surface area contributed by atoms with Crippen molar-refractivity contribution < 1.29 is 13.9 Å². The molecule has 0 radical (unpaired) electrons. The monoisotopic (exact) mass is 294 g/mol. The minimum Gasteiger partial charge on any atom is -0.392 e. The van der Waals surface area contributed by atoms with Crippen LogP contribution in [0, 0.1) is 18.6 Å². The van der Waals surface area contributed by atoms with Crippen molar-refractivity contribution in [2.75, 3.05) is 5.75 Å². The van der Waals surface area contributed by atoms with Crippen LogP contribution < -0.4 is 0 Å². The van der Waals surface area contributed by atoms with Crippen LogP contribution in [0.2, 0.25) is 0 Å². The fraction of sp³-hybridized carbons (Fsp3) is 0.250. The Morgan fingerprint density at radius 1 is 1.10 bits per heavy atom. The number of halogens is 2. The number of thioether (sulfide) groups is 1. The lowest BCUT2D eigenvalue weighted by atomic mass is 10.1. The van der Waals surface area contributed by atoms with Gasteiger partial charge in [0.2, 0.25) is 0 Å². The van der Waals surface area contributed by atoms with Crippen molar-refractivity contribution in [1.82, 2.24) is 0 Å². The first-order valence-electron chi connectivity index (χ1n) is 6.36. The third-order valence-corrected chi connectivity index (χ3v) is 4.30. The average Bonchev–Trinajstić information content (AvgIpc) is 2.42. The van der Waals surface area contributed by atoms with E-state index in [0.29, 0.717) is 17.7 Å². The van der Waals surface area contributed by atoms with Crippen molar-refractivity contribution in [3.05, 3.63) is 65.2 Å². The summed E-state index contributed by atoms with van der Waals surface area (Å²) in [6.07, 6.45) is -0.278. The standard InChI is InChI=1S/C16H16F2OS/c1-11-4-2-3-5-16(11)20-10-13(19)8-12-6-7-14(17)15(18)9-12/h2-7,9,13,19H,8,10H2,1H3. The topological polar surface area (TPSA) is 20.2 Å². The molecule has 0 aliphatic rings. The SMILES string of the molecule is Cc1ccccc1SCC(O)Cc1ccc(F)c(F)c1. The zero-order valence-corrected chi connectivity index (χ0v) is 12.0. The lowest BCUT2D eigenvalue weighted by Gasteiger charge is -2.11. The molecule has 2 aromatic carbocycles. The molecule has 2 aromatic rings. The quantitative estimate of drug-likeness (QED) is 0.842. The van der Waals surface area contributed by atoms with Crippen molar-refractivity contribution in [2.24, 2.45) is 0 Å². The summed E-state index contributed by atoms with van der Waals surface area (Å²) in [5.41, 5.74) is 1.76. The molecule has 4 heteroatoms.